The number of aryl methyl sites for hydroxylation is 1. The Labute approximate surface area is 150 Å². The van der Waals surface area contributed by atoms with E-state index in [1.165, 1.54) is 6.92 Å². The summed E-state index contributed by atoms with van der Waals surface area (Å²) in [6.07, 6.45) is -6.43. The summed E-state index contributed by atoms with van der Waals surface area (Å²) in [5, 5.41) is 0.473. The molecule has 1 aromatic heterocycles. The molecule has 0 bridgehead atoms. The van der Waals surface area contributed by atoms with Crippen LogP contribution in [0, 0.1) is 6.92 Å². The number of hydrogen-bond acceptors (Lipinski definition) is 3. The Morgan fingerprint density at radius 1 is 1.04 bits per heavy atom. The average molecular weight is 419 g/mol. The Hall–Kier alpha value is -1.49. The maximum Gasteiger partial charge on any atom is 0.516 e. The maximum atomic E-state index is 13.0. The highest BCUT2D eigenvalue weighted by Gasteiger charge is 2.50. The molecule has 0 amide bonds. The van der Waals surface area contributed by atoms with E-state index in [0.717, 1.165) is 11.3 Å². The monoisotopic (exact) mass is 419 g/mol. The highest BCUT2D eigenvalue weighted by molar-refractivity contribution is 7.93. The number of anilines is 1. The molecule has 0 saturated carbocycles. The zero-order valence-corrected chi connectivity index (χ0v) is 15.1. The van der Waals surface area contributed by atoms with Crippen molar-refractivity contribution >= 4 is 36.4 Å². The molecule has 0 radical (unpaired) electrons. The predicted octanol–water partition coefficient (Wildman–Crippen LogP) is 5.60. The molecule has 1 aromatic carbocycles. The molecule has 146 valence electrons. The maximum absolute atomic E-state index is 13.0. The predicted molar refractivity (Wildman–Crippen MR) is 88.8 cm³/mol. The summed E-state index contributed by atoms with van der Waals surface area (Å²) in [7, 11) is -5.72. The van der Waals surface area contributed by atoms with Crippen LogP contribution in [0.25, 0.3) is 10.1 Å². The van der Waals surface area contributed by atoms with E-state index in [1.807, 2.05) is 0 Å². The number of rotatable bonds is 6. The summed E-state index contributed by atoms with van der Waals surface area (Å²) in [5.41, 5.74) is -5.20. The summed E-state index contributed by atoms with van der Waals surface area (Å²) >= 11 is 0.863. The van der Waals surface area contributed by atoms with Gasteiger partial charge in [-0.15, -0.1) is 11.3 Å². The van der Waals surface area contributed by atoms with Crippen molar-refractivity contribution in [2.75, 3.05) is 10.8 Å². The molecule has 0 aliphatic rings. The Bertz CT molecular complexity index is 870. The highest BCUT2D eigenvalue weighted by Crippen LogP contribution is 2.41. The number of fused-ring (bicyclic) bond motifs is 1. The van der Waals surface area contributed by atoms with Crippen LogP contribution in [0.3, 0.4) is 0 Å². The molecule has 0 aliphatic heterocycles. The Morgan fingerprint density at radius 2 is 1.65 bits per heavy atom. The van der Waals surface area contributed by atoms with Crippen LogP contribution in [0.1, 0.15) is 24.8 Å². The van der Waals surface area contributed by atoms with Crippen LogP contribution in [0.5, 0.6) is 0 Å². The molecule has 0 spiro atoms. The topological polar surface area (TPSA) is 37.4 Å². The first-order valence-electron chi connectivity index (χ1n) is 7.48. The third-order valence-electron chi connectivity index (χ3n) is 3.70. The molecule has 0 atom stereocenters. The van der Waals surface area contributed by atoms with Gasteiger partial charge in [-0.2, -0.15) is 34.8 Å². The van der Waals surface area contributed by atoms with Crippen LogP contribution in [0.4, 0.5) is 31.3 Å². The lowest BCUT2D eigenvalue weighted by Crippen LogP contribution is -2.41. The van der Waals surface area contributed by atoms with Crippen molar-refractivity contribution in [3.8, 4) is 0 Å². The van der Waals surface area contributed by atoms with Crippen molar-refractivity contribution in [2.24, 2.45) is 0 Å². The van der Waals surface area contributed by atoms with E-state index < -0.39 is 41.1 Å². The highest BCUT2D eigenvalue weighted by atomic mass is 32.2. The van der Waals surface area contributed by atoms with E-state index in [2.05, 4.69) is 0 Å². The number of nitrogens with zero attached hydrogens (tertiary/aromatic N) is 1. The standard InChI is InChI=1S/C15H15F6NO2S2/c1-10-11-6-2-3-7-12(11)25-13(10)22(26(23,24)15(19,20)21)9-5-4-8-14(16,17)18/h2-3,6-7H,4-5,8-9H2,1H3. The molecule has 11 heteroatoms. The van der Waals surface area contributed by atoms with Crippen molar-refractivity contribution in [1.82, 2.24) is 0 Å². The van der Waals surface area contributed by atoms with Gasteiger partial charge in [-0.05, 0) is 36.8 Å². The van der Waals surface area contributed by atoms with Crippen molar-refractivity contribution in [3.63, 3.8) is 0 Å². The van der Waals surface area contributed by atoms with E-state index in [9.17, 15) is 34.8 Å². The first-order valence-corrected chi connectivity index (χ1v) is 9.74. The van der Waals surface area contributed by atoms with Crippen LogP contribution in [0.15, 0.2) is 24.3 Å². The second kappa shape index (κ2) is 7.26. The molecular weight excluding hydrogens is 404 g/mol. The van der Waals surface area contributed by atoms with E-state index >= 15 is 0 Å². The number of hydrogen-bond donors (Lipinski definition) is 0. The van der Waals surface area contributed by atoms with Crippen LogP contribution in [0.2, 0.25) is 0 Å². The van der Waals surface area contributed by atoms with Crippen LogP contribution < -0.4 is 4.31 Å². The van der Waals surface area contributed by atoms with Gasteiger partial charge in [-0.1, -0.05) is 18.2 Å². The second-order valence-electron chi connectivity index (χ2n) is 5.62. The summed E-state index contributed by atoms with van der Waals surface area (Å²) < 4.78 is 101. The normalized spacial score (nSPS) is 13.3. The average Bonchev–Trinajstić information content (AvgIpc) is 2.82. The fourth-order valence-corrected chi connectivity index (χ4v) is 4.96. The first kappa shape index (κ1) is 20.8. The molecule has 2 rings (SSSR count). The van der Waals surface area contributed by atoms with E-state index in [0.29, 0.717) is 15.6 Å². The SMILES string of the molecule is Cc1c(N(CCCCC(F)(F)F)S(=O)(=O)C(F)(F)F)sc2ccccc12. The quantitative estimate of drug-likeness (QED) is 0.452. The van der Waals surface area contributed by atoms with Gasteiger partial charge in [0.05, 0.1) is 0 Å². The Kier molecular flexibility index (Phi) is 5.81. The Morgan fingerprint density at radius 3 is 2.19 bits per heavy atom. The van der Waals surface area contributed by atoms with Gasteiger partial charge >= 0.3 is 21.7 Å². The third kappa shape index (κ3) is 4.43. The first-order chi connectivity index (χ1) is 11.8. The Balaban J connectivity index is 2.38. The third-order valence-corrected chi connectivity index (χ3v) is 6.64. The molecule has 0 fully saturated rings. The number of halogens is 6. The minimum Gasteiger partial charge on any atom is -0.253 e. The minimum absolute atomic E-state index is 0.129. The second-order valence-corrected chi connectivity index (χ2v) is 8.51. The number of unbranched alkanes of at least 4 members (excludes halogenated alkanes) is 1. The largest absolute Gasteiger partial charge is 0.516 e. The van der Waals surface area contributed by atoms with E-state index in [1.54, 1.807) is 24.3 Å². The van der Waals surface area contributed by atoms with Gasteiger partial charge in [-0.25, -0.2) is 0 Å². The van der Waals surface area contributed by atoms with Gasteiger partial charge in [0.2, 0.25) is 0 Å². The molecule has 0 aliphatic carbocycles. The van der Waals surface area contributed by atoms with E-state index in [4.69, 9.17) is 0 Å². The van der Waals surface area contributed by atoms with Crippen LogP contribution in [-0.4, -0.2) is 26.6 Å². The number of thiophene rings is 1. The van der Waals surface area contributed by atoms with Gasteiger partial charge in [0.1, 0.15) is 5.00 Å². The van der Waals surface area contributed by atoms with Crippen molar-refractivity contribution in [3.05, 3.63) is 29.8 Å². The van der Waals surface area contributed by atoms with Crippen molar-refractivity contribution < 1.29 is 34.8 Å². The molecule has 3 nitrogen and oxygen atoms in total. The van der Waals surface area contributed by atoms with Gasteiger partial charge < -0.3 is 0 Å². The molecule has 2 aromatic rings. The zero-order chi connectivity index (χ0) is 19.8. The smallest absolute Gasteiger partial charge is 0.253 e. The van der Waals surface area contributed by atoms with Crippen LogP contribution in [-0.2, 0) is 10.0 Å². The molecule has 1 heterocycles. The summed E-state index contributed by atoms with van der Waals surface area (Å²) in [5.74, 6) is 0. The fraction of sp³-hybridized carbons (Fsp3) is 0.467. The molecule has 0 N–H and O–H groups in total. The van der Waals surface area contributed by atoms with Crippen molar-refractivity contribution in [2.45, 2.75) is 37.9 Å². The lowest BCUT2D eigenvalue weighted by molar-refractivity contribution is -0.135. The molecular formula is C15H15F6NO2S2. The van der Waals surface area contributed by atoms with Crippen LogP contribution >= 0.6 is 11.3 Å². The number of benzene rings is 1. The molecule has 0 unspecified atom stereocenters. The lowest BCUT2D eigenvalue weighted by Gasteiger charge is -2.25. The van der Waals surface area contributed by atoms with E-state index in [-0.39, 0.29) is 15.7 Å². The minimum atomic E-state index is -5.72. The summed E-state index contributed by atoms with van der Waals surface area (Å²) in [6, 6.07) is 6.61. The van der Waals surface area contributed by atoms with Gasteiger partial charge in [0, 0.05) is 17.7 Å². The molecule has 0 saturated heterocycles. The van der Waals surface area contributed by atoms with Gasteiger partial charge in [0.15, 0.2) is 0 Å². The zero-order valence-electron chi connectivity index (χ0n) is 13.5. The number of alkyl halides is 6. The summed E-state index contributed by atoms with van der Waals surface area (Å²) in [6.45, 7) is 0.814. The van der Waals surface area contributed by atoms with Gasteiger partial charge in [-0.3, -0.25) is 4.31 Å². The summed E-state index contributed by atoms with van der Waals surface area (Å²) in [4.78, 5) is 0. The van der Waals surface area contributed by atoms with Gasteiger partial charge in [0.25, 0.3) is 0 Å². The lowest BCUT2D eigenvalue weighted by atomic mass is 10.2. The fourth-order valence-electron chi connectivity index (χ4n) is 2.44. The molecule has 26 heavy (non-hydrogen) atoms. The van der Waals surface area contributed by atoms with Crippen molar-refractivity contribution in [1.29, 1.82) is 0 Å². The number of sulfonamides is 1.